The lowest BCUT2D eigenvalue weighted by Crippen LogP contribution is -2.26. The molecule has 2 rings (SSSR count). The number of hydrogen-bond donors (Lipinski definition) is 1. The Labute approximate surface area is 118 Å². The number of rotatable bonds is 5. The zero-order valence-electron chi connectivity index (χ0n) is 12.6. The van der Waals surface area contributed by atoms with Gasteiger partial charge in [0.05, 0.1) is 0 Å². The van der Waals surface area contributed by atoms with Crippen LogP contribution in [0.1, 0.15) is 63.0 Å². The minimum Gasteiger partial charge on any atom is -0.317 e. The van der Waals surface area contributed by atoms with Crippen LogP contribution in [-0.4, -0.2) is 13.1 Å². The van der Waals surface area contributed by atoms with Crippen molar-refractivity contribution in [3.05, 3.63) is 35.4 Å². The Morgan fingerprint density at radius 2 is 1.95 bits per heavy atom. The zero-order chi connectivity index (χ0) is 13.5. The molecule has 1 N–H and O–H groups in total. The molecule has 0 aliphatic heterocycles. The number of nitrogens with one attached hydrogen (secondary N) is 1. The highest BCUT2D eigenvalue weighted by molar-refractivity contribution is 5.27. The van der Waals surface area contributed by atoms with Gasteiger partial charge in [-0.3, -0.25) is 0 Å². The first-order valence-electron chi connectivity index (χ1n) is 8.14. The molecular formula is C18H29N. The standard InChI is InChI=1S/C18H29N/c1-3-15-9-8-11-16(13-15)18-12-7-5-6-10-17(18)14-19-4-2/h8-9,11,13,17-19H,3-7,10,12,14H2,1-2H3. The molecule has 0 radical (unpaired) electrons. The van der Waals surface area contributed by atoms with Gasteiger partial charge in [0, 0.05) is 0 Å². The summed E-state index contributed by atoms with van der Waals surface area (Å²) in [6.07, 6.45) is 8.17. The molecule has 106 valence electrons. The predicted octanol–water partition coefficient (Wildman–Crippen LogP) is 4.52. The van der Waals surface area contributed by atoms with Crippen LogP contribution < -0.4 is 5.32 Å². The van der Waals surface area contributed by atoms with Crippen molar-refractivity contribution in [3.8, 4) is 0 Å². The molecule has 1 nitrogen and oxygen atoms in total. The van der Waals surface area contributed by atoms with Gasteiger partial charge in [-0.15, -0.1) is 0 Å². The van der Waals surface area contributed by atoms with Gasteiger partial charge in [-0.2, -0.15) is 0 Å². The molecule has 0 saturated heterocycles. The van der Waals surface area contributed by atoms with E-state index < -0.39 is 0 Å². The second-order valence-corrected chi connectivity index (χ2v) is 5.91. The first kappa shape index (κ1) is 14.6. The van der Waals surface area contributed by atoms with Crippen molar-refractivity contribution < 1.29 is 0 Å². The van der Waals surface area contributed by atoms with E-state index in [1.54, 1.807) is 5.56 Å². The van der Waals surface area contributed by atoms with Crippen molar-refractivity contribution >= 4 is 0 Å². The van der Waals surface area contributed by atoms with Crippen LogP contribution in [0, 0.1) is 5.92 Å². The van der Waals surface area contributed by atoms with Crippen LogP contribution >= 0.6 is 0 Å². The second kappa shape index (κ2) is 7.69. The Morgan fingerprint density at radius 3 is 2.74 bits per heavy atom. The van der Waals surface area contributed by atoms with E-state index in [1.807, 2.05) is 0 Å². The fraction of sp³-hybridized carbons (Fsp3) is 0.667. The van der Waals surface area contributed by atoms with Crippen LogP contribution in [-0.2, 0) is 6.42 Å². The van der Waals surface area contributed by atoms with E-state index in [1.165, 1.54) is 44.2 Å². The molecule has 1 saturated carbocycles. The summed E-state index contributed by atoms with van der Waals surface area (Å²) >= 11 is 0. The normalized spacial score (nSPS) is 24.1. The lowest BCUT2D eigenvalue weighted by atomic mass is 9.81. The van der Waals surface area contributed by atoms with Gasteiger partial charge in [-0.25, -0.2) is 0 Å². The molecule has 0 spiro atoms. The highest BCUT2D eigenvalue weighted by Crippen LogP contribution is 2.36. The van der Waals surface area contributed by atoms with Crippen LogP contribution in [0.15, 0.2) is 24.3 Å². The fourth-order valence-corrected chi connectivity index (χ4v) is 3.44. The third-order valence-electron chi connectivity index (χ3n) is 4.60. The monoisotopic (exact) mass is 259 g/mol. The van der Waals surface area contributed by atoms with Crippen molar-refractivity contribution in [2.24, 2.45) is 5.92 Å². The summed E-state index contributed by atoms with van der Waals surface area (Å²) < 4.78 is 0. The number of aryl methyl sites for hydroxylation is 1. The van der Waals surface area contributed by atoms with Gasteiger partial charge in [0.1, 0.15) is 0 Å². The van der Waals surface area contributed by atoms with Gasteiger partial charge in [-0.1, -0.05) is 57.4 Å². The Balaban J connectivity index is 2.15. The highest BCUT2D eigenvalue weighted by Gasteiger charge is 2.24. The van der Waals surface area contributed by atoms with Gasteiger partial charge in [-0.05, 0) is 55.3 Å². The van der Waals surface area contributed by atoms with Gasteiger partial charge in [0.25, 0.3) is 0 Å². The summed E-state index contributed by atoms with van der Waals surface area (Å²) in [5.74, 6) is 1.60. The first-order valence-corrected chi connectivity index (χ1v) is 8.14. The highest BCUT2D eigenvalue weighted by atomic mass is 14.8. The summed E-state index contributed by atoms with van der Waals surface area (Å²) in [5.41, 5.74) is 3.08. The molecule has 0 amide bonds. The minimum absolute atomic E-state index is 0.771. The molecule has 1 fully saturated rings. The lowest BCUT2D eigenvalue weighted by molar-refractivity contribution is 0.378. The topological polar surface area (TPSA) is 12.0 Å². The Morgan fingerprint density at radius 1 is 1.11 bits per heavy atom. The summed E-state index contributed by atoms with van der Waals surface area (Å²) in [7, 11) is 0. The van der Waals surface area contributed by atoms with Crippen LogP contribution in [0.25, 0.3) is 0 Å². The van der Waals surface area contributed by atoms with E-state index in [9.17, 15) is 0 Å². The maximum Gasteiger partial charge on any atom is -0.00148 e. The second-order valence-electron chi connectivity index (χ2n) is 5.91. The predicted molar refractivity (Wildman–Crippen MR) is 83.7 cm³/mol. The molecule has 0 heterocycles. The first-order chi connectivity index (χ1) is 9.35. The van der Waals surface area contributed by atoms with E-state index in [4.69, 9.17) is 0 Å². The van der Waals surface area contributed by atoms with Crippen LogP contribution in [0.3, 0.4) is 0 Å². The van der Waals surface area contributed by atoms with Crippen molar-refractivity contribution in [2.45, 2.75) is 58.3 Å². The fourth-order valence-electron chi connectivity index (χ4n) is 3.44. The smallest absolute Gasteiger partial charge is 0.00148 e. The largest absolute Gasteiger partial charge is 0.317 e. The van der Waals surface area contributed by atoms with E-state index in [-0.39, 0.29) is 0 Å². The average Bonchev–Trinajstić information content (AvgIpc) is 2.70. The molecule has 1 heteroatoms. The van der Waals surface area contributed by atoms with Gasteiger partial charge in [0.15, 0.2) is 0 Å². The maximum absolute atomic E-state index is 3.57. The van der Waals surface area contributed by atoms with E-state index in [0.29, 0.717) is 0 Å². The van der Waals surface area contributed by atoms with Gasteiger partial charge in [0.2, 0.25) is 0 Å². The van der Waals surface area contributed by atoms with E-state index >= 15 is 0 Å². The van der Waals surface area contributed by atoms with Crippen molar-refractivity contribution in [3.63, 3.8) is 0 Å². The zero-order valence-corrected chi connectivity index (χ0v) is 12.6. The van der Waals surface area contributed by atoms with Crippen molar-refractivity contribution in [2.75, 3.05) is 13.1 Å². The van der Waals surface area contributed by atoms with Gasteiger partial charge >= 0.3 is 0 Å². The quantitative estimate of drug-likeness (QED) is 0.766. The molecule has 2 unspecified atom stereocenters. The van der Waals surface area contributed by atoms with Gasteiger partial charge < -0.3 is 5.32 Å². The summed E-state index contributed by atoms with van der Waals surface area (Å²) in [5, 5.41) is 3.57. The van der Waals surface area contributed by atoms with E-state index in [0.717, 1.165) is 24.8 Å². The summed E-state index contributed by atoms with van der Waals surface area (Å²) in [6.45, 7) is 6.75. The Bertz CT molecular complexity index is 372. The van der Waals surface area contributed by atoms with Crippen molar-refractivity contribution in [1.29, 1.82) is 0 Å². The molecule has 19 heavy (non-hydrogen) atoms. The number of benzene rings is 1. The van der Waals surface area contributed by atoms with E-state index in [2.05, 4.69) is 43.4 Å². The van der Waals surface area contributed by atoms with Crippen LogP contribution in [0.4, 0.5) is 0 Å². The molecule has 2 atom stereocenters. The van der Waals surface area contributed by atoms with Crippen molar-refractivity contribution in [1.82, 2.24) is 5.32 Å². The minimum atomic E-state index is 0.771. The molecule has 1 aromatic carbocycles. The molecule has 1 aliphatic carbocycles. The lowest BCUT2D eigenvalue weighted by Gasteiger charge is -2.26. The Kier molecular flexibility index (Phi) is 5.91. The van der Waals surface area contributed by atoms with Crippen LogP contribution in [0.2, 0.25) is 0 Å². The molecular weight excluding hydrogens is 230 g/mol. The third kappa shape index (κ3) is 4.07. The Hall–Kier alpha value is -0.820. The number of hydrogen-bond acceptors (Lipinski definition) is 1. The molecule has 0 bridgehead atoms. The maximum atomic E-state index is 3.57. The van der Waals surface area contributed by atoms with Crippen LogP contribution in [0.5, 0.6) is 0 Å². The summed E-state index contributed by atoms with van der Waals surface area (Å²) in [6, 6.07) is 9.33. The molecule has 1 aromatic rings. The molecule has 1 aliphatic rings. The summed E-state index contributed by atoms with van der Waals surface area (Å²) in [4.78, 5) is 0. The average molecular weight is 259 g/mol. The molecule has 0 aromatic heterocycles. The third-order valence-corrected chi connectivity index (χ3v) is 4.60. The SMILES string of the molecule is CCNCC1CCCCCC1c1cccc(CC)c1.